The number of ether oxygens (including phenoxy) is 1. The number of rotatable bonds is 7. The van der Waals surface area contributed by atoms with Gasteiger partial charge in [-0.2, -0.15) is 5.11 Å². The van der Waals surface area contributed by atoms with Crippen LogP contribution in [-0.2, 0) is 12.8 Å². The van der Waals surface area contributed by atoms with Crippen LogP contribution in [0.2, 0.25) is 0 Å². The standard InChI is InChI=1S/C27H26N2O4/c1-17(2)33-25-16-23(27(32)22-8-4-3-7-21(22)25)29-28-20-14-11-18(12-15-20)10-13-19-6-5-9-24(30)26(19)31/h3-9,11-12,14-17,30-32H,10,13H2,1-2H3. The summed E-state index contributed by atoms with van der Waals surface area (Å²) >= 11 is 0. The minimum Gasteiger partial charge on any atom is -0.505 e. The fraction of sp³-hybridized carbons (Fsp3) is 0.185. The van der Waals surface area contributed by atoms with Crippen LogP contribution in [0.25, 0.3) is 10.8 Å². The van der Waals surface area contributed by atoms with Crippen molar-refractivity contribution in [1.82, 2.24) is 0 Å². The Bertz CT molecular complexity index is 1300. The average Bonchev–Trinajstić information content (AvgIpc) is 2.81. The number of phenols is 3. The maximum atomic E-state index is 10.7. The summed E-state index contributed by atoms with van der Waals surface area (Å²) in [6.45, 7) is 3.90. The van der Waals surface area contributed by atoms with Crippen LogP contribution in [0.4, 0.5) is 11.4 Å². The van der Waals surface area contributed by atoms with Crippen molar-refractivity contribution in [2.24, 2.45) is 10.2 Å². The normalized spacial score (nSPS) is 11.5. The molecule has 6 nitrogen and oxygen atoms in total. The molecule has 4 aromatic rings. The number of aromatic hydroxyl groups is 3. The van der Waals surface area contributed by atoms with Gasteiger partial charge >= 0.3 is 0 Å². The summed E-state index contributed by atoms with van der Waals surface area (Å²) in [5.41, 5.74) is 2.76. The fourth-order valence-electron chi connectivity index (χ4n) is 3.64. The summed E-state index contributed by atoms with van der Waals surface area (Å²) in [5, 5.41) is 40.3. The number of hydrogen-bond donors (Lipinski definition) is 3. The van der Waals surface area contributed by atoms with Gasteiger partial charge in [0.2, 0.25) is 0 Å². The molecule has 0 aliphatic carbocycles. The molecule has 6 heteroatoms. The van der Waals surface area contributed by atoms with Crippen LogP contribution in [-0.4, -0.2) is 21.4 Å². The summed E-state index contributed by atoms with van der Waals surface area (Å²) in [6, 6.07) is 21.8. The number of fused-ring (bicyclic) bond motifs is 1. The average molecular weight is 443 g/mol. The van der Waals surface area contributed by atoms with Gasteiger partial charge in [0.15, 0.2) is 17.2 Å². The summed E-state index contributed by atoms with van der Waals surface area (Å²) in [5.74, 6) is 0.534. The monoisotopic (exact) mass is 442 g/mol. The second-order valence-electron chi connectivity index (χ2n) is 8.11. The molecule has 4 rings (SSSR count). The topological polar surface area (TPSA) is 94.6 Å². The van der Waals surface area contributed by atoms with Gasteiger partial charge in [0.05, 0.1) is 11.8 Å². The zero-order valence-electron chi connectivity index (χ0n) is 18.6. The van der Waals surface area contributed by atoms with Crippen molar-refractivity contribution < 1.29 is 20.1 Å². The van der Waals surface area contributed by atoms with Crippen LogP contribution < -0.4 is 4.74 Å². The minimum absolute atomic E-state index is 0.0166. The predicted octanol–water partition coefficient (Wildman–Crippen LogP) is 6.94. The van der Waals surface area contributed by atoms with Gasteiger partial charge in [-0.25, -0.2) is 0 Å². The lowest BCUT2D eigenvalue weighted by Crippen LogP contribution is -2.05. The van der Waals surface area contributed by atoms with Crippen LogP contribution in [0.15, 0.2) is 83.0 Å². The second-order valence-corrected chi connectivity index (χ2v) is 8.11. The highest BCUT2D eigenvalue weighted by Gasteiger charge is 2.13. The summed E-state index contributed by atoms with van der Waals surface area (Å²) in [6.07, 6.45) is 1.29. The van der Waals surface area contributed by atoms with Gasteiger partial charge in [-0.1, -0.05) is 48.5 Å². The third kappa shape index (κ3) is 5.06. The van der Waals surface area contributed by atoms with Crippen molar-refractivity contribution in [3.8, 4) is 23.0 Å². The number of hydrogen-bond acceptors (Lipinski definition) is 6. The molecular formula is C27H26N2O4. The van der Waals surface area contributed by atoms with Gasteiger partial charge in [0, 0.05) is 16.8 Å². The first kappa shape index (κ1) is 22.1. The number of aryl methyl sites for hydroxylation is 2. The molecule has 0 aromatic heterocycles. The maximum absolute atomic E-state index is 10.7. The Morgan fingerprint density at radius 1 is 0.758 bits per heavy atom. The van der Waals surface area contributed by atoms with Crippen molar-refractivity contribution in [3.63, 3.8) is 0 Å². The lowest BCUT2D eigenvalue weighted by molar-refractivity contribution is 0.245. The summed E-state index contributed by atoms with van der Waals surface area (Å²) in [4.78, 5) is 0. The Labute approximate surface area is 192 Å². The van der Waals surface area contributed by atoms with E-state index in [0.717, 1.165) is 10.9 Å². The number of nitrogens with zero attached hydrogens (tertiary/aromatic N) is 2. The highest BCUT2D eigenvalue weighted by Crippen LogP contribution is 2.41. The first-order chi connectivity index (χ1) is 15.9. The SMILES string of the molecule is CC(C)Oc1cc(N=Nc2ccc(CCc3cccc(O)c3O)cc2)c(O)c2ccccc12. The molecule has 0 heterocycles. The Hall–Kier alpha value is -4.06. The molecule has 4 aromatic carbocycles. The van der Waals surface area contributed by atoms with E-state index in [1.54, 1.807) is 18.2 Å². The van der Waals surface area contributed by atoms with Gasteiger partial charge in [-0.05, 0) is 56.0 Å². The highest BCUT2D eigenvalue weighted by atomic mass is 16.5. The van der Waals surface area contributed by atoms with Crippen molar-refractivity contribution in [3.05, 3.63) is 83.9 Å². The minimum atomic E-state index is -0.109. The van der Waals surface area contributed by atoms with Crippen molar-refractivity contribution >= 4 is 22.1 Å². The van der Waals surface area contributed by atoms with Crippen LogP contribution in [0, 0.1) is 0 Å². The number of azo groups is 1. The van der Waals surface area contributed by atoms with Crippen LogP contribution in [0.1, 0.15) is 25.0 Å². The van der Waals surface area contributed by atoms with E-state index < -0.39 is 0 Å². The molecule has 3 N–H and O–H groups in total. The van der Waals surface area contributed by atoms with Crippen LogP contribution in [0.5, 0.6) is 23.0 Å². The third-order valence-electron chi connectivity index (χ3n) is 5.31. The molecule has 0 unspecified atom stereocenters. The third-order valence-corrected chi connectivity index (χ3v) is 5.31. The molecule has 0 atom stereocenters. The van der Waals surface area contributed by atoms with Gasteiger partial charge in [0.25, 0.3) is 0 Å². The van der Waals surface area contributed by atoms with E-state index in [4.69, 9.17) is 4.74 Å². The molecule has 168 valence electrons. The van der Waals surface area contributed by atoms with Crippen LogP contribution in [0.3, 0.4) is 0 Å². The van der Waals surface area contributed by atoms with Gasteiger partial charge in [0.1, 0.15) is 11.4 Å². The van der Waals surface area contributed by atoms with Crippen LogP contribution >= 0.6 is 0 Å². The molecule has 0 radical (unpaired) electrons. The smallest absolute Gasteiger partial charge is 0.160 e. The van der Waals surface area contributed by atoms with E-state index >= 15 is 0 Å². The molecule has 0 aliphatic heterocycles. The maximum Gasteiger partial charge on any atom is 0.160 e. The first-order valence-electron chi connectivity index (χ1n) is 10.8. The molecule has 0 fully saturated rings. The van der Waals surface area contributed by atoms with Gasteiger partial charge < -0.3 is 20.1 Å². The van der Waals surface area contributed by atoms with Crippen molar-refractivity contribution in [2.45, 2.75) is 32.8 Å². The second kappa shape index (κ2) is 9.61. The zero-order valence-corrected chi connectivity index (χ0v) is 18.6. The molecule has 0 aliphatic rings. The molecule has 0 saturated carbocycles. The zero-order chi connectivity index (χ0) is 23.4. The Kier molecular flexibility index (Phi) is 6.45. The fourth-order valence-corrected chi connectivity index (χ4v) is 3.64. The predicted molar refractivity (Wildman–Crippen MR) is 129 cm³/mol. The van der Waals surface area contributed by atoms with Gasteiger partial charge in [-0.15, -0.1) is 5.11 Å². The lowest BCUT2D eigenvalue weighted by atomic mass is 10.0. The van der Waals surface area contributed by atoms with E-state index in [1.165, 1.54) is 6.07 Å². The number of phenolic OH excluding ortho intramolecular Hbond substituents is 3. The van der Waals surface area contributed by atoms with E-state index in [2.05, 4.69) is 10.2 Å². The Morgan fingerprint density at radius 2 is 1.48 bits per heavy atom. The van der Waals surface area contributed by atoms with Crippen molar-refractivity contribution in [2.75, 3.05) is 0 Å². The van der Waals surface area contributed by atoms with E-state index in [1.807, 2.05) is 62.4 Å². The molecule has 0 bridgehead atoms. The summed E-state index contributed by atoms with van der Waals surface area (Å²) < 4.78 is 5.92. The molecular weight excluding hydrogens is 416 g/mol. The highest BCUT2D eigenvalue weighted by molar-refractivity contribution is 5.97. The molecule has 0 amide bonds. The van der Waals surface area contributed by atoms with E-state index in [0.29, 0.717) is 40.9 Å². The number of para-hydroxylation sites is 1. The summed E-state index contributed by atoms with van der Waals surface area (Å²) in [7, 11) is 0. The lowest BCUT2D eigenvalue weighted by Gasteiger charge is -2.14. The van der Waals surface area contributed by atoms with E-state index in [9.17, 15) is 15.3 Å². The molecule has 33 heavy (non-hydrogen) atoms. The number of benzene rings is 4. The quantitative estimate of drug-likeness (QED) is 0.213. The van der Waals surface area contributed by atoms with E-state index in [-0.39, 0.29) is 23.4 Å². The Morgan fingerprint density at radius 3 is 2.21 bits per heavy atom. The largest absolute Gasteiger partial charge is 0.505 e. The molecule has 0 saturated heterocycles. The molecule has 0 spiro atoms. The van der Waals surface area contributed by atoms with Gasteiger partial charge in [-0.3, -0.25) is 0 Å². The first-order valence-corrected chi connectivity index (χ1v) is 10.8. The van der Waals surface area contributed by atoms with Crippen molar-refractivity contribution in [1.29, 1.82) is 0 Å². The Balaban J connectivity index is 1.52.